The van der Waals surface area contributed by atoms with Gasteiger partial charge in [-0.15, -0.1) is 0 Å². The fourth-order valence-corrected chi connectivity index (χ4v) is 2.07. The molecule has 2 aromatic rings. The maximum atomic E-state index is 5.37. The molecule has 0 aromatic carbocycles. The fraction of sp³-hybridized carbons (Fsp3) is 0.545. The second kappa shape index (κ2) is 4.77. The predicted molar refractivity (Wildman–Crippen MR) is 68.9 cm³/mol. The Morgan fingerprint density at radius 2 is 2.22 bits per heavy atom. The van der Waals surface area contributed by atoms with Gasteiger partial charge in [-0.2, -0.15) is 15.1 Å². The van der Waals surface area contributed by atoms with E-state index in [0.29, 0.717) is 5.95 Å². The molecule has 0 bridgehead atoms. The Labute approximate surface area is 105 Å². The Morgan fingerprint density at radius 1 is 1.39 bits per heavy atom. The number of aromatic amines is 1. The third kappa shape index (κ3) is 1.97. The van der Waals surface area contributed by atoms with E-state index in [9.17, 15) is 0 Å². The van der Waals surface area contributed by atoms with E-state index in [0.717, 1.165) is 49.7 Å². The summed E-state index contributed by atoms with van der Waals surface area (Å²) >= 11 is 0. The third-order valence-corrected chi connectivity index (χ3v) is 2.94. The average molecular weight is 248 g/mol. The summed E-state index contributed by atoms with van der Waals surface area (Å²) in [6.07, 6.45) is 1.77. The van der Waals surface area contributed by atoms with E-state index in [-0.39, 0.29) is 0 Å². The number of fused-ring (bicyclic) bond motifs is 1. The van der Waals surface area contributed by atoms with Crippen LogP contribution < -0.4 is 10.2 Å². The first-order valence-electron chi connectivity index (χ1n) is 6.16. The van der Waals surface area contributed by atoms with Gasteiger partial charge < -0.3 is 15.0 Å². The highest BCUT2D eigenvalue weighted by atomic mass is 16.5. The number of H-pyrrole nitrogens is 1. The lowest BCUT2D eigenvalue weighted by atomic mass is 10.3. The van der Waals surface area contributed by atoms with Crippen LogP contribution in [0.5, 0.6) is 0 Å². The van der Waals surface area contributed by atoms with E-state index in [2.05, 4.69) is 30.4 Å². The summed E-state index contributed by atoms with van der Waals surface area (Å²) in [4.78, 5) is 11.2. The van der Waals surface area contributed by atoms with E-state index in [1.54, 1.807) is 6.20 Å². The van der Waals surface area contributed by atoms with Crippen LogP contribution in [0.25, 0.3) is 11.0 Å². The largest absolute Gasteiger partial charge is 0.378 e. The lowest BCUT2D eigenvalue weighted by Gasteiger charge is -2.28. The number of nitrogens with one attached hydrogen (secondary N) is 2. The highest BCUT2D eigenvalue weighted by Crippen LogP contribution is 2.24. The number of nitrogens with zero attached hydrogens (tertiary/aromatic N) is 4. The van der Waals surface area contributed by atoms with Crippen molar-refractivity contribution in [2.45, 2.75) is 6.92 Å². The van der Waals surface area contributed by atoms with Gasteiger partial charge in [0.05, 0.1) is 24.8 Å². The first kappa shape index (κ1) is 11.2. The number of rotatable bonds is 3. The molecule has 3 heterocycles. The molecule has 0 unspecified atom stereocenters. The first-order chi connectivity index (χ1) is 8.88. The predicted octanol–water partition coefficient (Wildman–Crippen LogP) is 0.621. The van der Waals surface area contributed by atoms with E-state index in [1.807, 2.05) is 6.92 Å². The van der Waals surface area contributed by atoms with Crippen molar-refractivity contribution in [1.82, 2.24) is 20.2 Å². The minimum Gasteiger partial charge on any atom is -0.378 e. The summed E-state index contributed by atoms with van der Waals surface area (Å²) in [5, 5.41) is 11.0. The maximum Gasteiger partial charge on any atom is 0.226 e. The highest BCUT2D eigenvalue weighted by molar-refractivity contribution is 5.87. The topological polar surface area (TPSA) is 79.0 Å². The molecule has 0 aliphatic carbocycles. The summed E-state index contributed by atoms with van der Waals surface area (Å²) in [7, 11) is 0. The quantitative estimate of drug-likeness (QED) is 0.829. The van der Waals surface area contributed by atoms with Crippen LogP contribution in [0.1, 0.15) is 6.92 Å². The van der Waals surface area contributed by atoms with Crippen molar-refractivity contribution in [3.8, 4) is 0 Å². The Balaban J connectivity index is 2.03. The van der Waals surface area contributed by atoms with Crippen LogP contribution in [0.3, 0.4) is 0 Å². The Bertz CT molecular complexity index is 533. The van der Waals surface area contributed by atoms with Crippen LogP contribution in [0.4, 0.5) is 11.8 Å². The van der Waals surface area contributed by atoms with Crippen molar-refractivity contribution in [3.63, 3.8) is 0 Å². The van der Waals surface area contributed by atoms with Crippen molar-refractivity contribution in [3.05, 3.63) is 6.20 Å². The smallest absolute Gasteiger partial charge is 0.226 e. The van der Waals surface area contributed by atoms with Gasteiger partial charge in [0, 0.05) is 19.6 Å². The molecule has 0 amide bonds. The van der Waals surface area contributed by atoms with Crippen molar-refractivity contribution in [2.75, 3.05) is 43.1 Å². The van der Waals surface area contributed by atoms with Crippen molar-refractivity contribution in [2.24, 2.45) is 0 Å². The minimum atomic E-state index is 0.635. The summed E-state index contributed by atoms with van der Waals surface area (Å²) in [6.45, 7) is 5.99. The molecule has 0 radical (unpaired) electrons. The zero-order valence-corrected chi connectivity index (χ0v) is 10.3. The second-order valence-electron chi connectivity index (χ2n) is 4.13. The van der Waals surface area contributed by atoms with Gasteiger partial charge in [0.15, 0.2) is 5.65 Å². The zero-order valence-electron chi connectivity index (χ0n) is 10.3. The van der Waals surface area contributed by atoms with E-state index in [1.165, 1.54) is 0 Å². The van der Waals surface area contributed by atoms with Crippen LogP contribution in [0.2, 0.25) is 0 Å². The van der Waals surface area contributed by atoms with Gasteiger partial charge in [0.1, 0.15) is 5.82 Å². The number of aromatic nitrogens is 4. The molecule has 0 spiro atoms. The normalized spacial score (nSPS) is 16.2. The van der Waals surface area contributed by atoms with Crippen molar-refractivity contribution < 1.29 is 4.74 Å². The Kier molecular flexibility index (Phi) is 2.97. The average Bonchev–Trinajstić information content (AvgIpc) is 2.87. The molecule has 3 rings (SSSR count). The lowest BCUT2D eigenvalue weighted by molar-refractivity contribution is 0.122. The zero-order chi connectivity index (χ0) is 12.4. The number of anilines is 2. The molecule has 96 valence electrons. The van der Waals surface area contributed by atoms with E-state index < -0.39 is 0 Å². The van der Waals surface area contributed by atoms with Gasteiger partial charge in [0.25, 0.3) is 0 Å². The molecule has 7 nitrogen and oxygen atoms in total. The third-order valence-electron chi connectivity index (χ3n) is 2.94. The summed E-state index contributed by atoms with van der Waals surface area (Å²) in [6, 6.07) is 0. The lowest BCUT2D eigenvalue weighted by Crippen LogP contribution is -2.37. The summed E-state index contributed by atoms with van der Waals surface area (Å²) in [5.74, 6) is 1.56. The SMILES string of the molecule is CCNc1nc(N2CCOCC2)c2cn[nH]c2n1. The number of hydrogen-bond acceptors (Lipinski definition) is 6. The number of morpholine rings is 1. The Hall–Kier alpha value is -1.89. The minimum absolute atomic E-state index is 0.635. The van der Waals surface area contributed by atoms with E-state index in [4.69, 9.17) is 4.74 Å². The molecule has 2 aromatic heterocycles. The molecular weight excluding hydrogens is 232 g/mol. The molecule has 1 fully saturated rings. The van der Waals surface area contributed by atoms with E-state index >= 15 is 0 Å². The molecule has 0 atom stereocenters. The monoisotopic (exact) mass is 248 g/mol. The molecule has 1 aliphatic rings. The van der Waals surface area contributed by atoms with Gasteiger partial charge in [-0.3, -0.25) is 5.10 Å². The molecule has 2 N–H and O–H groups in total. The van der Waals surface area contributed by atoms with Crippen LogP contribution in [-0.4, -0.2) is 53.0 Å². The van der Waals surface area contributed by atoms with Crippen LogP contribution in [0, 0.1) is 0 Å². The van der Waals surface area contributed by atoms with Gasteiger partial charge >= 0.3 is 0 Å². The molecule has 0 saturated carbocycles. The van der Waals surface area contributed by atoms with Gasteiger partial charge in [-0.25, -0.2) is 0 Å². The molecule has 1 saturated heterocycles. The summed E-state index contributed by atoms with van der Waals surface area (Å²) < 4.78 is 5.37. The molecule has 18 heavy (non-hydrogen) atoms. The van der Waals surface area contributed by atoms with Crippen molar-refractivity contribution in [1.29, 1.82) is 0 Å². The van der Waals surface area contributed by atoms with Crippen LogP contribution in [-0.2, 0) is 4.74 Å². The maximum absolute atomic E-state index is 5.37. The van der Waals surface area contributed by atoms with Gasteiger partial charge in [-0.1, -0.05) is 0 Å². The van der Waals surface area contributed by atoms with Crippen molar-refractivity contribution >= 4 is 22.8 Å². The highest BCUT2D eigenvalue weighted by Gasteiger charge is 2.18. The first-order valence-corrected chi connectivity index (χ1v) is 6.16. The number of ether oxygens (including phenoxy) is 1. The molecule has 1 aliphatic heterocycles. The second-order valence-corrected chi connectivity index (χ2v) is 4.13. The van der Waals surface area contributed by atoms with Gasteiger partial charge in [-0.05, 0) is 6.92 Å². The standard InChI is InChI=1S/C11H16N6O/c1-2-12-11-14-9-8(7-13-16-9)10(15-11)17-3-5-18-6-4-17/h7H,2-6H2,1H3,(H2,12,13,14,15,16). The molecular formula is C11H16N6O. The number of hydrogen-bond donors (Lipinski definition) is 2. The Morgan fingerprint density at radius 3 is 3.00 bits per heavy atom. The van der Waals surface area contributed by atoms with Crippen LogP contribution in [0.15, 0.2) is 6.20 Å². The van der Waals surface area contributed by atoms with Crippen LogP contribution >= 0.6 is 0 Å². The summed E-state index contributed by atoms with van der Waals surface area (Å²) in [5.41, 5.74) is 0.766. The molecule has 7 heteroatoms. The van der Waals surface area contributed by atoms with Gasteiger partial charge in [0.2, 0.25) is 5.95 Å². The fourth-order valence-electron chi connectivity index (χ4n) is 2.07.